The molecule has 1 spiro atoms. The number of para-hydroxylation sites is 1. The monoisotopic (exact) mass is 699 g/mol. The molecule has 3 aliphatic rings. The molecule has 2 aromatic carbocycles. The minimum absolute atomic E-state index is 0.0439. The van der Waals surface area contributed by atoms with Gasteiger partial charge < -0.3 is 49.3 Å². The molecule has 0 radical (unpaired) electrons. The molecule has 2 saturated heterocycles. The number of hydrogen-bond acceptors (Lipinski definition) is 11. The Bertz CT molecular complexity index is 1670. The fourth-order valence-electron chi connectivity index (χ4n) is 7.53. The van der Waals surface area contributed by atoms with Crippen LogP contribution in [0.15, 0.2) is 54.7 Å². The van der Waals surface area contributed by atoms with E-state index in [-0.39, 0.29) is 19.1 Å². The van der Waals surface area contributed by atoms with Crippen molar-refractivity contribution in [1.29, 1.82) is 0 Å². The van der Waals surface area contributed by atoms with Crippen LogP contribution < -0.4 is 10.2 Å². The van der Waals surface area contributed by atoms with Crippen molar-refractivity contribution < 1.29 is 48.7 Å². The zero-order valence-electron chi connectivity index (χ0n) is 27.4. The molecule has 6 rings (SSSR count). The smallest absolute Gasteiger partial charge is 0.264 e. The molecular formula is C33H42FN5O9Si. The molecule has 16 heteroatoms. The van der Waals surface area contributed by atoms with Crippen molar-refractivity contribution >= 4 is 31.6 Å². The molecule has 264 valence electrons. The molecule has 9 atom stereocenters. The van der Waals surface area contributed by atoms with Crippen LogP contribution in [0.3, 0.4) is 0 Å². The third kappa shape index (κ3) is 6.43. The minimum Gasteiger partial charge on any atom is -0.396 e. The topological polar surface area (TPSA) is 200 Å². The Balaban J connectivity index is 1.20. The molecule has 0 bridgehead atoms. The summed E-state index contributed by atoms with van der Waals surface area (Å²) in [6, 6.07) is 14.0. The second kappa shape index (κ2) is 13.6. The predicted octanol–water partition coefficient (Wildman–Crippen LogP) is 0.963. The molecule has 4 heterocycles. The number of carbonyl (C=O) groups excluding carboxylic acids is 2. The lowest BCUT2D eigenvalue weighted by Gasteiger charge is -2.37. The number of anilines is 2. The average Bonchev–Trinajstić information content (AvgIpc) is 3.71. The number of aliphatic hydroxyl groups is 5. The van der Waals surface area contributed by atoms with Crippen LogP contribution >= 0.6 is 0 Å². The van der Waals surface area contributed by atoms with Gasteiger partial charge in [0.05, 0.1) is 24.0 Å². The van der Waals surface area contributed by atoms with Gasteiger partial charge >= 0.3 is 0 Å². The van der Waals surface area contributed by atoms with E-state index >= 15 is 4.11 Å². The molecule has 0 unspecified atom stereocenters. The molecule has 2 amide bonds. The fourth-order valence-corrected chi connectivity index (χ4v) is 10.1. The Kier molecular flexibility index (Phi) is 9.77. The number of fused-ring (bicyclic) bond motifs is 2. The molecule has 2 fully saturated rings. The van der Waals surface area contributed by atoms with Crippen molar-refractivity contribution in [3.8, 4) is 0 Å². The number of nitrogens with zero attached hydrogens (tertiary/aromatic N) is 4. The Morgan fingerprint density at radius 3 is 2.47 bits per heavy atom. The van der Waals surface area contributed by atoms with E-state index in [2.05, 4.69) is 15.6 Å². The zero-order valence-corrected chi connectivity index (χ0v) is 28.4. The highest BCUT2D eigenvalue weighted by atomic mass is 28.4. The Morgan fingerprint density at radius 2 is 1.78 bits per heavy atom. The van der Waals surface area contributed by atoms with Gasteiger partial charge in [-0.05, 0) is 43.3 Å². The first kappa shape index (κ1) is 35.2. The first-order valence-electron chi connectivity index (χ1n) is 16.3. The number of nitrogens with one attached hydrogen (secondary N) is 1. The summed E-state index contributed by atoms with van der Waals surface area (Å²) >= 11 is 0. The molecule has 3 aromatic rings. The van der Waals surface area contributed by atoms with Gasteiger partial charge in [0, 0.05) is 48.5 Å². The minimum atomic E-state index is -3.36. The highest BCUT2D eigenvalue weighted by molar-refractivity contribution is 6.72. The number of hydrogen-bond donors (Lipinski definition) is 6. The Labute approximate surface area is 283 Å². The van der Waals surface area contributed by atoms with Gasteiger partial charge in [-0.15, -0.1) is 5.10 Å². The highest BCUT2D eigenvalue weighted by Gasteiger charge is 2.66. The number of carbonyl (C=O) groups is 2. The van der Waals surface area contributed by atoms with Crippen LogP contribution in [0.2, 0.25) is 18.6 Å². The van der Waals surface area contributed by atoms with E-state index in [4.69, 9.17) is 9.47 Å². The van der Waals surface area contributed by atoms with Gasteiger partial charge in [0.15, 0.2) is 18.0 Å². The lowest BCUT2D eigenvalue weighted by molar-refractivity contribution is -0.274. The summed E-state index contributed by atoms with van der Waals surface area (Å²) in [5.74, 6) is -1.57. The quantitative estimate of drug-likeness (QED) is 0.130. The van der Waals surface area contributed by atoms with E-state index in [1.54, 1.807) is 53.1 Å². The fraction of sp³-hybridized carbons (Fsp3) is 0.515. The maximum Gasteiger partial charge on any atom is 0.264 e. The first-order valence-corrected chi connectivity index (χ1v) is 19.3. The summed E-state index contributed by atoms with van der Waals surface area (Å²) in [6.45, 7) is 5.73. The lowest BCUT2D eigenvalue weighted by Crippen LogP contribution is -2.60. The van der Waals surface area contributed by atoms with Crippen LogP contribution in [0.5, 0.6) is 0 Å². The molecule has 14 nitrogen and oxygen atoms in total. The zero-order chi connectivity index (χ0) is 35.2. The van der Waals surface area contributed by atoms with Crippen LogP contribution in [0, 0.1) is 5.92 Å². The number of benzene rings is 2. The predicted molar refractivity (Wildman–Crippen MR) is 175 cm³/mol. The number of rotatable bonds is 10. The van der Waals surface area contributed by atoms with Crippen molar-refractivity contribution in [1.82, 2.24) is 15.0 Å². The molecule has 3 aliphatic heterocycles. The summed E-state index contributed by atoms with van der Waals surface area (Å²) in [6.07, 6.45) is -6.78. The molecule has 0 saturated carbocycles. The van der Waals surface area contributed by atoms with Gasteiger partial charge in [-0.2, -0.15) is 0 Å². The molecule has 0 aliphatic carbocycles. The molecule has 6 N–H and O–H groups in total. The number of aromatic nitrogens is 3. The second-order valence-electron chi connectivity index (χ2n) is 13.5. The van der Waals surface area contributed by atoms with Crippen LogP contribution in [0.25, 0.3) is 0 Å². The summed E-state index contributed by atoms with van der Waals surface area (Å²) in [5.41, 5.74) is 1.20. The largest absolute Gasteiger partial charge is 0.396 e. The van der Waals surface area contributed by atoms with Gasteiger partial charge in [-0.3, -0.25) is 14.3 Å². The summed E-state index contributed by atoms with van der Waals surface area (Å²) in [5, 5.41) is 59.5. The van der Waals surface area contributed by atoms with Gasteiger partial charge in [0.1, 0.15) is 18.3 Å². The first-order chi connectivity index (χ1) is 23.3. The van der Waals surface area contributed by atoms with E-state index in [1.807, 2.05) is 31.2 Å². The highest BCUT2D eigenvalue weighted by Crippen LogP contribution is 2.60. The maximum atomic E-state index is 16.1. The summed E-state index contributed by atoms with van der Waals surface area (Å²) in [4.78, 5) is 29.0. The van der Waals surface area contributed by atoms with E-state index in [9.17, 15) is 35.1 Å². The molecule has 1 aromatic heterocycles. The average molecular weight is 700 g/mol. The lowest BCUT2D eigenvalue weighted by atomic mass is 9.82. The SMILES string of the molecule is C[C@@H]1[C@@H]([Si](C)(C)F)[C@H](CCn2cc(CCO)nn2)O[C@@]12C(=O)N(Cc1ccc(NC(=O)[C@H]3O[C@@H](O)[C@H](O)[C@@H](O)[C@@H]3O)cc1)c1ccccc12. The third-order valence-electron chi connectivity index (χ3n) is 9.87. The van der Waals surface area contributed by atoms with Crippen molar-refractivity contribution in [2.45, 2.75) is 93.9 Å². The molecular weight excluding hydrogens is 657 g/mol. The van der Waals surface area contributed by atoms with Crippen LogP contribution in [-0.2, 0) is 44.2 Å². The summed E-state index contributed by atoms with van der Waals surface area (Å²) < 4.78 is 29.5. The standard InChI is InChI=1S/C33H42FN5O9Si/c1-18-29(49(2,3)34)24(12-14-38-17-21(13-15-40)36-37-38)48-33(18)22-6-4-5-7-23(22)39(32(33)46)16-19-8-10-20(11-9-19)35-30(44)28-26(42)25(41)27(43)31(45)47-28/h4-11,17-18,24-29,31,40-43,45H,12-16H2,1-3H3,(H,35,44)/t18-,24+,25+,26+,27-,28+,29-,31-,33+/m1/s1. The van der Waals surface area contributed by atoms with Crippen LogP contribution in [-0.4, -0.2) is 104 Å². The number of halogens is 1. The van der Waals surface area contributed by atoms with Gasteiger partial charge in [0.2, 0.25) is 8.41 Å². The Hall–Kier alpha value is -3.61. The third-order valence-corrected chi connectivity index (χ3v) is 12.3. The number of aryl methyl sites for hydroxylation is 1. The van der Waals surface area contributed by atoms with Crippen LogP contribution in [0.4, 0.5) is 15.5 Å². The van der Waals surface area contributed by atoms with Crippen molar-refractivity contribution in [3.05, 3.63) is 71.5 Å². The van der Waals surface area contributed by atoms with E-state index in [0.717, 1.165) is 5.56 Å². The Morgan fingerprint density at radius 1 is 1.06 bits per heavy atom. The van der Waals surface area contributed by atoms with E-state index < -0.39 is 68.2 Å². The normalized spacial score (nSPS) is 31.4. The van der Waals surface area contributed by atoms with Gasteiger partial charge in [-0.1, -0.05) is 42.5 Å². The van der Waals surface area contributed by atoms with Crippen molar-refractivity contribution in [2.75, 3.05) is 16.8 Å². The van der Waals surface area contributed by atoms with Crippen molar-refractivity contribution in [3.63, 3.8) is 0 Å². The number of ether oxygens (including phenoxy) is 2. The van der Waals surface area contributed by atoms with E-state index in [1.165, 1.54) is 0 Å². The van der Waals surface area contributed by atoms with Crippen LogP contribution in [0.1, 0.15) is 30.2 Å². The summed E-state index contributed by atoms with van der Waals surface area (Å²) in [7, 11) is -3.36. The number of amides is 2. The van der Waals surface area contributed by atoms with Crippen molar-refractivity contribution in [2.24, 2.45) is 5.92 Å². The second-order valence-corrected chi connectivity index (χ2v) is 17.3. The van der Waals surface area contributed by atoms with Gasteiger partial charge in [0.25, 0.3) is 11.8 Å². The van der Waals surface area contributed by atoms with E-state index in [0.29, 0.717) is 42.0 Å². The number of aliphatic hydroxyl groups excluding tert-OH is 5. The maximum absolute atomic E-state index is 16.1. The van der Waals surface area contributed by atoms with Gasteiger partial charge in [-0.25, -0.2) is 0 Å². The molecule has 49 heavy (non-hydrogen) atoms.